The molecule has 2 heterocycles. The van der Waals surface area contributed by atoms with E-state index in [-0.39, 0.29) is 11.8 Å². The van der Waals surface area contributed by atoms with Crippen LogP contribution in [0.2, 0.25) is 0 Å². The van der Waals surface area contributed by atoms with Crippen molar-refractivity contribution >= 4 is 5.91 Å². The van der Waals surface area contributed by atoms with Crippen molar-refractivity contribution in [1.29, 1.82) is 0 Å². The topological polar surface area (TPSA) is 59.8 Å². The summed E-state index contributed by atoms with van der Waals surface area (Å²) < 4.78 is 13.0. The second kappa shape index (κ2) is 11.2. The highest BCUT2D eigenvalue weighted by atomic mass is 16.5. The van der Waals surface area contributed by atoms with Crippen LogP contribution in [0.1, 0.15) is 56.0 Å². The van der Waals surface area contributed by atoms with Gasteiger partial charge in [-0.1, -0.05) is 38.3 Å². The van der Waals surface area contributed by atoms with Gasteiger partial charge in [-0.05, 0) is 31.5 Å². The van der Waals surface area contributed by atoms with Gasteiger partial charge < -0.3 is 14.4 Å². The Morgan fingerprint density at radius 1 is 1.18 bits per heavy atom. The fourth-order valence-corrected chi connectivity index (χ4v) is 5.20. The summed E-state index contributed by atoms with van der Waals surface area (Å²) in [5, 5.41) is 5.09. The maximum absolute atomic E-state index is 13.5. The first-order chi connectivity index (χ1) is 16.2. The Labute approximate surface area is 197 Å². The molecule has 1 aliphatic heterocycles. The number of hydrogen-bond acceptors (Lipinski definition) is 5. The Morgan fingerprint density at radius 2 is 1.97 bits per heavy atom. The van der Waals surface area contributed by atoms with Crippen molar-refractivity contribution in [3.63, 3.8) is 0 Å². The number of benzene rings is 1. The van der Waals surface area contributed by atoms with Crippen molar-refractivity contribution in [1.82, 2.24) is 19.6 Å². The Morgan fingerprint density at radius 3 is 2.70 bits per heavy atom. The lowest BCUT2D eigenvalue weighted by Gasteiger charge is -2.30. The summed E-state index contributed by atoms with van der Waals surface area (Å²) in [5.74, 6) is 1.20. The highest BCUT2D eigenvalue weighted by molar-refractivity contribution is 5.79. The summed E-state index contributed by atoms with van der Waals surface area (Å²) in [6, 6.07) is 8.03. The maximum atomic E-state index is 13.5. The minimum Gasteiger partial charge on any atom is -0.494 e. The molecule has 0 N–H and O–H groups in total. The molecule has 7 heteroatoms. The molecule has 7 nitrogen and oxygen atoms in total. The van der Waals surface area contributed by atoms with Gasteiger partial charge >= 0.3 is 0 Å². The molecule has 1 aromatic heterocycles. The van der Waals surface area contributed by atoms with Crippen LogP contribution in [0.5, 0.6) is 5.75 Å². The molecule has 1 amide bonds. The zero-order valence-corrected chi connectivity index (χ0v) is 20.4. The Hall–Kier alpha value is -2.38. The van der Waals surface area contributed by atoms with Gasteiger partial charge in [0.25, 0.3) is 0 Å². The summed E-state index contributed by atoms with van der Waals surface area (Å²) in [6.07, 6.45) is 6.48. The molecule has 0 spiro atoms. The summed E-state index contributed by atoms with van der Waals surface area (Å²) in [5.41, 5.74) is 4.44. The van der Waals surface area contributed by atoms with Gasteiger partial charge in [-0.2, -0.15) is 5.10 Å². The number of methoxy groups -OCH3 is 2. The fraction of sp³-hybridized carbons (Fsp3) is 0.615. The van der Waals surface area contributed by atoms with Crippen LogP contribution >= 0.6 is 0 Å². The molecule has 0 bridgehead atoms. The monoisotopic (exact) mass is 454 g/mol. The molecule has 1 aliphatic carbocycles. The molecule has 0 radical (unpaired) electrons. The number of ether oxygens (including phenoxy) is 2. The standard InChI is InChI=1S/C26H38N4O3/c1-4-28-15-14-23-21(18-28)22(27-30(23)24-12-8-9-13-25(24)33-3)19-29(16-17-32-2)26(31)20-10-6-5-7-11-20/h8-9,12-13,20H,4-7,10-11,14-19H2,1-3H3. The SMILES string of the molecule is CCN1CCc2c(c(CN(CCOC)C(=O)C3CCCCC3)nn2-c2ccccc2OC)C1. The first kappa shape index (κ1) is 23.8. The number of aromatic nitrogens is 2. The predicted octanol–water partition coefficient (Wildman–Crippen LogP) is 3.81. The lowest BCUT2D eigenvalue weighted by molar-refractivity contribution is -0.138. The van der Waals surface area contributed by atoms with Gasteiger partial charge in [0.05, 0.1) is 31.6 Å². The van der Waals surface area contributed by atoms with Crippen LogP contribution in [-0.4, -0.2) is 65.9 Å². The molecule has 1 aromatic carbocycles. The van der Waals surface area contributed by atoms with Crippen LogP contribution in [-0.2, 0) is 29.0 Å². The predicted molar refractivity (Wildman–Crippen MR) is 129 cm³/mol. The minimum atomic E-state index is 0.134. The first-order valence-corrected chi connectivity index (χ1v) is 12.4. The third-order valence-corrected chi connectivity index (χ3v) is 7.15. The molecule has 33 heavy (non-hydrogen) atoms. The molecule has 0 unspecified atom stereocenters. The summed E-state index contributed by atoms with van der Waals surface area (Å²) in [7, 11) is 3.39. The molecule has 2 aromatic rings. The number of rotatable bonds is 9. The van der Waals surface area contributed by atoms with Crippen molar-refractivity contribution < 1.29 is 14.3 Å². The van der Waals surface area contributed by atoms with Crippen molar-refractivity contribution in [2.45, 2.75) is 58.5 Å². The van der Waals surface area contributed by atoms with E-state index in [0.717, 1.165) is 68.9 Å². The number of fused-ring (bicyclic) bond motifs is 1. The Kier molecular flexibility index (Phi) is 8.04. The lowest BCUT2D eigenvalue weighted by Crippen LogP contribution is -2.39. The molecule has 1 fully saturated rings. The summed E-state index contributed by atoms with van der Waals surface area (Å²) in [6.45, 7) is 6.75. The number of hydrogen-bond donors (Lipinski definition) is 0. The van der Waals surface area contributed by atoms with E-state index in [1.165, 1.54) is 17.7 Å². The van der Waals surface area contributed by atoms with E-state index in [0.29, 0.717) is 19.7 Å². The molecule has 0 atom stereocenters. The Bertz CT molecular complexity index is 936. The van der Waals surface area contributed by atoms with Crippen molar-refractivity contribution in [2.75, 3.05) is 40.5 Å². The van der Waals surface area contributed by atoms with E-state index in [1.54, 1.807) is 14.2 Å². The third kappa shape index (κ3) is 5.25. The fourth-order valence-electron chi connectivity index (χ4n) is 5.20. The average Bonchev–Trinajstić information content (AvgIpc) is 3.23. The summed E-state index contributed by atoms with van der Waals surface area (Å²) >= 11 is 0. The zero-order valence-electron chi connectivity index (χ0n) is 20.4. The maximum Gasteiger partial charge on any atom is 0.226 e. The largest absolute Gasteiger partial charge is 0.494 e. The van der Waals surface area contributed by atoms with Gasteiger partial charge in [0, 0.05) is 44.6 Å². The van der Waals surface area contributed by atoms with Crippen molar-refractivity contribution in [3.8, 4) is 11.4 Å². The quantitative estimate of drug-likeness (QED) is 0.577. The summed E-state index contributed by atoms with van der Waals surface area (Å²) in [4.78, 5) is 17.9. The zero-order chi connectivity index (χ0) is 23.2. The van der Waals surface area contributed by atoms with E-state index in [2.05, 4.69) is 22.6 Å². The van der Waals surface area contributed by atoms with Crippen LogP contribution in [0.3, 0.4) is 0 Å². The average molecular weight is 455 g/mol. The number of carbonyl (C=O) groups is 1. The highest BCUT2D eigenvalue weighted by Gasteiger charge is 2.30. The van der Waals surface area contributed by atoms with E-state index < -0.39 is 0 Å². The van der Waals surface area contributed by atoms with E-state index in [1.807, 2.05) is 23.1 Å². The van der Waals surface area contributed by atoms with Gasteiger partial charge in [0.2, 0.25) is 5.91 Å². The van der Waals surface area contributed by atoms with Gasteiger partial charge in [-0.3, -0.25) is 9.69 Å². The minimum absolute atomic E-state index is 0.134. The lowest BCUT2D eigenvalue weighted by atomic mass is 9.88. The van der Waals surface area contributed by atoms with Crippen LogP contribution in [0.4, 0.5) is 0 Å². The molecule has 0 saturated heterocycles. The second-order valence-electron chi connectivity index (χ2n) is 9.16. The normalized spacial score (nSPS) is 17.1. The van der Waals surface area contributed by atoms with E-state index in [4.69, 9.17) is 14.6 Å². The van der Waals surface area contributed by atoms with Crippen LogP contribution in [0.15, 0.2) is 24.3 Å². The second-order valence-corrected chi connectivity index (χ2v) is 9.16. The first-order valence-electron chi connectivity index (χ1n) is 12.4. The van der Waals surface area contributed by atoms with Crippen molar-refractivity contribution in [3.05, 3.63) is 41.2 Å². The van der Waals surface area contributed by atoms with Crippen LogP contribution < -0.4 is 4.74 Å². The molecular formula is C26H38N4O3. The Balaban J connectivity index is 1.69. The number of nitrogens with zero attached hydrogens (tertiary/aromatic N) is 4. The molecule has 1 saturated carbocycles. The number of para-hydroxylation sites is 2. The molecule has 180 valence electrons. The smallest absolute Gasteiger partial charge is 0.226 e. The van der Waals surface area contributed by atoms with E-state index in [9.17, 15) is 4.79 Å². The number of carbonyl (C=O) groups excluding carboxylic acids is 1. The van der Waals surface area contributed by atoms with Gasteiger partial charge in [0.15, 0.2) is 0 Å². The van der Waals surface area contributed by atoms with Gasteiger partial charge in [-0.15, -0.1) is 0 Å². The highest BCUT2D eigenvalue weighted by Crippen LogP contribution is 2.31. The number of amides is 1. The third-order valence-electron chi connectivity index (χ3n) is 7.15. The number of likely N-dealkylation sites (N-methyl/N-ethyl adjacent to an activating group) is 1. The molecular weight excluding hydrogens is 416 g/mol. The van der Waals surface area contributed by atoms with E-state index >= 15 is 0 Å². The van der Waals surface area contributed by atoms with Crippen LogP contribution in [0, 0.1) is 5.92 Å². The van der Waals surface area contributed by atoms with Crippen molar-refractivity contribution in [2.24, 2.45) is 5.92 Å². The molecule has 2 aliphatic rings. The van der Waals surface area contributed by atoms with Gasteiger partial charge in [0.1, 0.15) is 11.4 Å². The van der Waals surface area contributed by atoms with Gasteiger partial charge in [-0.25, -0.2) is 4.68 Å². The molecule has 4 rings (SSSR count). The van der Waals surface area contributed by atoms with Crippen LogP contribution in [0.25, 0.3) is 5.69 Å².